The second-order valence-corrected chi connectivity index (χ2v) is 8.34. The number of urea groups is 1. The molecule has 3 N–H and O–H groups in total. The van der Waals surface area contributed by atoms with E-state index in [9.17, 15) is 14.4 Å². The van der Waals surface area contributed by atoms with Crippen LogP contribution in [0.2, 0.25) is 0 Å². The first-order valence-corrected chi connectivity index (χ1v) is 11.3. The van der Waals surface area contributed by atoms with Gasteiger partial charge in [-0.25, -0.2) is 4.79 Å². The molecule has 4 rings (SSSR count). The van der Waals surface area contributed by atoms with Gasteiger partial charge in [-0.15, -0.1) is 0 Å². The highest BCUT2D eigenvalue weighted by atomic mass is 16.3. The van der Waals surface area contributed by atoms with Crippen molar-refractivity contribution in [1.82, 2.24) is 15.5 Å². The van der Waals surface area contributed by atoms with Crippen LogP contribution in [0.1, 0.15) is 44.9 Å². The number of aryl methyl sites for hydroxylation is 1. The number of carbonyl (C=O) groups excluding carboxylic acids is 3. The zero-order chi connectivity index (χ0) is 23.9. The fourth-order valence-corrected chi connectivity index (χ4v) is 3.91. The zero-order valence-electron chi connectivity index (χ0n) is 19.0. The van der Waals surface area contributed by atoms with Gasteiger partial charge in [0, 0.05) is 36.9 Å². The third-order valence-electron chi connectivity index (χ3n) is 5.91. The number of nitrogens with zero attached hydrogens (tertiary/aromatic N) is 1. The smallest absolute Gasteiger partial charge is 0.317 e. The van der Waals surface area contributed by atoms with Crippen LogP contribution in [0.25, 0.3) is 0 Å². The minimum atomic E-state index is -0.315. The summed E-state index contributed by atoms with van der Waals surface area (Å²) < 4.78 is 5.08. The lowest BCUT2D eigenvalue weighted by atomic mass is 10.0. The Hall–Kier alpha value is -4.07. The van der Waals surface area contributed by atoms with Crippen molar-refractivity contribution in [2.45, 2.75) is 32.4 Å². The predicted octanol–water partition coefficient (Wildman–Crippen LogP) is 3.94. The third-order valence-corrected chi connectivity index (χ3v) is 5.91. The van der Waals surface area contributed by atoms with Gasteiger partial charge in [-0.3, -0.25) is 9.59 Å². The molecule has 0 unspecified atom stereocenters. The summed E-state index contributed by atoms with van der Waals surface area (Å²) in [4.78, 5) is 38.9. The summed E-state index contributed by atoms with van der Waals surface area (Å²) in [6.45, 7) is 3.48. The number of rotatable bonds is 6. The molecular formula is C26H28N4O4. The topological polar surface area (TPSA) is 104 Å². The predicted molar refractivity (Wildman–Crippen MR) is 129 cm³/mol. The van der Waals surface area contributed by atoms with Crippen molar-refractivity contribution in [2.75, 3.05) is 18.4 Å². The summed E-state index contributed by atoms with van der Waals surface area (Å²) in [5, 5.41) is 8.79. The number of piperidine rings is 1. The number of furan rings is 1. The highest BCUT2D eigenvalue weighted by Gasteiger charge is 2.24. The largest absolute Gasteiger partial charge is 0.459 e. The van der Waals surface area contributed by atoms with Crippen molar-refractivity contribution in [3.63, 3.8) is 0 Å². The lowest BCUT2D eigenvalue weighted by molar-refractivity contribution is 0.0916. The Kier molecular flexibility index (Phi) is 7.27. The first kappa shape index (κ1) is 23.1. The van der Waals surface area contributed by atoms with E-state index in [2.05, 4.69) is 16.0 Å². The van der Waals surface area contributed by atoms with Crippen LogP contribution in [0.5, 0.6) is 0 Å². The number of carbonyl (C=O) groups is 3. The van der Waals surface area contributed by atoms with E-state index in [0.717, 1.165) is 24.0 Å². The van der Waals surface area contributed by atoms with Crippen molar-refractivity contribution >= 4 is 23.5 Å². The highest BCUT2D eigenvalue weighted by molar-refractivity contribution is 6.02. The minimum Gasteiger partial charge on any atom is -0.459 e. The third kappa shape index (κ3) is 5.83. The first-order valence-electron chi connectivity index (χ1n) is 11.3. The van der Waals surface area contributed by atoms with Gasteiger partial charge in [0.15, 0.2) is 5.76 Å². The van der Waals surface area contributed by atoms with Gasteiger partial charge in [-0.1, -0.05) is 30.3 Å². The normalized spacial score (nSPS) is 13.9. The molecule has 8 nitrogen and oxygen atoms in total. The van der Waals surface area contributed by atoms with Gasteiger partial charge in [0.05, 0.1) is 6.26 Å². The molecule has 176 valence electrons. The highest BCUT2D eigenvalue weighted by Crippen LogP contribution is 2.14. The quantitative estimate of drug-likeness (QED) is 0.518. The summed E-state index contributed by atoms with van der Waals surface area (Å²) in [7, 11) is 0. The second kappa shape index (κ2) is 10.7. The number of hydrogen-bond acceptors (Lipinski definition) is 4. The Labute approximate surface area is 198 Å². The van der Waals surface area contributed by atoms with Crippen molar-refractivity contribution in [1.29, 1.82) is 0 Å². The summed E-state index contributed by atoms with van der Waals surface area (Å²) in [5.41, 5.74) is 3.20. The van der Waals surface area contributed by atoms with Crippen molar-refractivity contribution in [2.24, 2.45) is 0 Å². The molecule has 1 aliphatic rings. The molecule has 0 saturated carbocycles. The van der Waals surface area contributed by atoms with Gasteiger partial charge in [0.1, 0.15) is 0 Å². The fourth-order valence-electron chi connectivity index (χ4n) is 3.91. The SMILES string of the molecule is Cc1ccccc1C(=O)NC1CCN(C(=O)NCc2ccc(NC(=O)c3ccco3)cc2)CC1. The van der Waals surface area contributed by atoms with Crippen molar-refractivity contribution in [3.8, 4) is 0 Å². The Morgan fingerprint density at radius 2 is 1.68 bits per heavy atom. The molecule has 34 heavy (non-hydrogen) atoms. The first-order chi connectivity index (χ1) is 16.5. The van der Waals surface area contributed by atoms with Crippen LogP contribution in [-0.2, 0) is 6.54 Å². The Morgan fingerprint density at radius 1 is 0.941 bits per heavy atom. The lowest BCUT2D eigenvalue weighted by Crippen LogP contribution is -2.49. The molecule has 3 aromatic rings. The van der Waals surface area contributed by atoms with Gasteiger partial charge in [-0.05, 0) is 61.2 Å². The Balaban J connectivity index is 1.19. The van der Waals surface area contributed by atoms with E-state index in [1.165, 1.54) is 6.26 Å². The molecule has 1 fully saturated rings. The van der Waals surface area contributed by atoms with E-state index in [1.807, 2.05) is 43.3 Å². The molecule has 0 spiro atoms. The standard InChI is InChI=1S/C26H28N4O4/c1-18-5-2-3-6-22(18)24(31)28-21-12-14-30(15-13-21)26(33)27-17-19-8-10-20(11-9-19)29-25(32)23-7-4-16-34-23/h2-11,16,21H,12-15,17H2,1H3,(H,27,33)(H,28,31)(H,29,32). The molecule has 1 aliphatic heterocycles. The zero-order valence-corrected chi connectivity index (χ0v) is 19.0. The van der Waals surface area contributed by atoms with E-state index in [-0.39, 0.29) is 29.6 Å². The summed E-state index contributed by atoms with van der Waals surface area (Å²) in [6, 6.07) is 18.0. The number of benzene rings is 2. The fraction of sp³-hybridized carbons (Fsp3) is 0.269. The molecule has 8 heteroatoms. The minimum absolute atomic E-state index is 0.0556. The molecule has 1 aromatic heterocycles. The monoisotopic (exact) mass is 460 g/mol. The number of likely N-dealkylation sites (tertiary alicyclic amines) is 1. The molecule has 0 bridgehead atoms. The summed E-state index contributed by atoms with van der Waals surface area (Å²) in [6.07, 6.45) is 2.88. The van der Waals surface area contributed by atoms with Crippen LogP contribution in [0.15, 0.2) is 71.3 Å². The average molecular weight is 461 g/mol. The van der Waals surface area contributed by atoms with Crippen LogP contribution < -0.4 is 16.0 Å². The van der Waals surface area contributed by atoms with Gasteiger partial charge in [-0.2, -0.15) is 0 Å². The van der Waals surface area contributed by atoms with E-state index in [1.54, 1.807) is 29.2 Å². The number of hydrogen-bond donors (Lipinski definition) is 3. The Bertz CT molecular complexity index is 1130. The van der Waals surface area contributed by atoms with Crippen LogP contribution in [-0.4, -0.2) is 41.9 Å². The number of amides is 4. The van der Waals surface area contributed by atoms with E-state index >= 15 is 0 Å². The molecule has 0 aliphatic carbocycles. The maximum atomic E-state index is 12.6. The van der Waals surface area contributed by atoms with Crippen LogP contribution in [0.4, 0.5) is 10.5 Å². The van der Waals surface area contributed by atoms with Gasteiger partial charge in [0.2, 0.25) is 0 Å². The average Bonchev–Trinajstić information content (AvgIpc) is 3.39. The van der Waals surface area contributed by atoms with Crippen molar-refractivity contribution < 1.29 is 18.8 Å². The number of nitrogens with one attached hydrogen (secondary N) is 3. The van der Waals surface area contributed by atoms with E-state index < -0.39 is 0 Å². The van der Waals surface area contributed by atoms with Gasteiger partial charge >= 0.3 is 6.03 Å². The molecule has 1 saturated heterocycles. The van der Waals surface area contributed by atoms with Gasteiger partial charge in [0.25, 0.3) is 11.8 Å². The Morgan fingerprint density at radius 3 is 2.35 bits per heavy atom. The molecule has 0 radical (unpaired) electrons. The molecule has 2 heterocycles. The van der Waals surface area contributed by atoms with Crippen molar-refractivity contribution in [3.05, 3.63) is 89.4 Å². The maximum absolute atomic E-state index is 12.6. The molecule has 2 aromatic carbocycles. The van der Waals surface area contributed by atoms with E-state index in [0.29, 0.717) is 30.9 Å². The van der Waals surface area contributed by atoms with Gasteiger partial charge < -0.3 is 25.3 Å². The van der Waals surface area contributed by atoms with Crippen LogP contribution in [0.3, 0.4) is 0 Å². The van der Waals surface area contributed by atoms with Crippen LogP contribution in [0, 0.1) is 6.92 Å². The maximum Gasteiger partial charge on any atom is 0.317 e. The number of anilines is 1. The molecular weight excluding hydrogens is 432 g/mol. The molecule has 0 atom stereocenters. The summed E-state index contributed by atoms with van der Waals surface area (Å²) in [5.74, 6) is -0.135. The second-order valence-electron chi connectivity index (χ2n) is 8.34. The van der Waals surface area contributed by atoms with E-state index in [4.69, 9.17) is 4.42 Å². The summed E-state index contributed by atoms with van der Waals surface area (Å²) >= 11 is 0. The molecule has 4 amide bonds. The van der Waals surface area contributed by atoms with Crippen LogP contribution >= 0.6 is 0 Å². The lowest BCUT2D eigenvalue weighted by Gasteiger charge is -2.32.